The highest BCUT2D eigenvalue weighted by Gasteiger charge is 2.12. The molecular formula is C16H16BrClFNO. The van der Waals surface area contributed by atoms with E-state index in [0.717, 1.165) is 15.8 Å². The van der Waals surface area contributed by atoms with E-state index in [0.29, 0.717) is 10.6 Å². The van der Waals surface area contributed by atoms with E-state index in [1.54, 1.807) is 12.1 Å². The molecule has 0 fully saturated rings. The van der Waals surface area contributed by atoms with Crippen LogP contribution in [0.2, 0.25) is 5.02 Å². The Bertz CT molecular complexity index is 636. The molecule has 5 heteroatoms. The summed E-state index contributed by atoms with van der Waals surface area (Å²) in [4.78, 5) is 0. The summed E-state index contributed by atoms with van der Waals surface area (Å²) < 4.78 is 20.5. The lowest BCUT2D eigenvalue weighted by atomic mass is 10.1. The van der Waals surface area contributed by atoms with Crippen molar-refractivity contribution in [2.24, 2.45) is 0 Å². The maximum Gasteiger partial charge on any atom is 0.131 e. The minimum Gasteiger partial charge on any atom is -0.488 e. The third kappa shape index (κ3) is 4.19. The van der Waals surface area contributed by atoms with Gasteiger partial charge in [-0.2, -0.15) is 0 Å². The number of rotatable bonds is 5. The second kappa shape index (κ2) is 7.25. The highest BCUT2D eigenvalue weighted by Crippen LogP contribution is 2.29. The van der Waals surface area contributed by atoms with Gasteiger partial charge in [0.2, 0.25) is 0 Å². The average Bonchev–Trinajstić information content (AvgIpc) is 2.45. The molecule has 0 saturated heterocycles. The fourth-order valence-electron chi connectivity index (χ4n) is 1.94. The van der Waals surface area contributed by atoms with Gasteiger partial charge in [0, 0.05) is 26.7 Å². The standard InChI is InChI=1S/C16H16BrClFNO/c1-10(20-2)14-6-4-12(17)7-16(14)21-9-11-3-5-13(18)8-15(11)19/h3-8,10,20H,9H2,1-2H3. The second-order valence-corrected chi connectivity index (χ2v) is 6.07. The first-order valence-electron chi connectivity index (χ1n) is 6.54. The molecular weight excluding hydrogens is 357 g/mol. The number of benzene rings is 2. The van der Waals surface area contributed by atoms with Crippen molar-refractivity contribution in [3.8, 4) is 5.75 Å². The largest absolute Gasteiger partial charge is 0.488 e. The maximum atomic E-state index is 13.8. The van der Waals surface area contributed by atoms with Crippen molar-refractivity contribution < 1.29 is 9.13 Å². The highest BCUT2D eigenvalue weighted by molar-refractivity contribution is 9.10. The highest BCUT2D eigenvalue weighted by atomic mass is 79.9. The van der Waals surface area contributed by atoms with Crippen LogP contribution in [0.15, 0.2) is 40.9 Å². The molecule has 0 heterocycles. The van der Waals surface area contributed by atoms with Gasteiger partial charge < -0.3 is 10.1 Å². The van der Waals surface area contributed by atoms with E-state index in [2.05, 4.69) is 21.2 Å². The van der Waals surface area contributed by atoms with Gasteiger partial charge in [-0.05, 0) is 38.2 Å². The molecule has 0 aliphatic carbocycles. The fourth-order valence-corrected chi connectivity index (χ4v) is 2.44. The Labute approximate surface area is 137 Å². The van der Waals surface area contributed by atoms with E-state index in [1.165, 1.54) is 6.07 Å². The topological polar surface area (TPSA) is 21.3 Å². The van der Waals surface area contributed by atoms with Crippen molar-refractivity contribution >= 4 is 27.5 Å². The molecule has 0 radical (unpaired) electrons. The molecule has 1 N–H and O–H groups in total. The van der Waals surface area contributed by atoms with Crippen LogP contribution in [0.4, 0.5) is 4.39 Å². The van der Waals surface area contributed by atoms with E-state index in [4.69, 9.17) is 16.3 Å². The van der Waals surface area contributed by atoms with Gasteiger partial charge in [0.05, 0.1) is 0 Å². The van der Waals surface area contributed by atoms with Crippen LogP contribution in [0.5, 0.6) is 5.75 Å². The molecule has 0 amide bonds. The number of ether oxygens (including phenoxy) is 1. The van der Waals surface area contributed by atoms with Gasteiger partial charge in [-0.1, -0.05) is 39.7 Å². The lowest BCUT2D eigenvalue weighted by Crippen LogP contribution is -2.14. The molecule has 0 bridgehead atoms. The van der Waals surface area contributed by atoms with Crippen molar-refractivity contribution in [3.63, 3.8) is 0 Å². The van der Waals surface area contributed by atoms with Gasteiger partial charge in [0.15, 0.2) is 0 Å². The molecule has 2 aromatic rings. The lowest BCUT2D eigenvalue weighted by Gasteiger charge is -2.17. The van der Waals surface area contributed by atoms with Crippen molar-refractivity contribution in [3.05, 3.63) is 62.8 Å². The molecule has 1 atom stereocenters. The molecule has 2 nitrogen and oxygen atoms in total. The van der Waals surface area contributed by atoms with E-state index in [9.17, 15) is 4.39 Å². The average molecular weight is 373 g/mol. The number of nitrogens with one attached hydrogen (secondary N) is 1. The molecule has 21 heavy (non-hydrogen) atoms. The van der Waals surface area contributed by atoms with Crippen LogP contribution in [0, 0.1) is 5.82 Å². The summed E-state index contributed by atoms with van der Waals surface area (Å²) in [5, 5.41) is 3.55. The molecule has 0 aliphatic heterocycles. The predicted molar refractivity (Wildman–Crippen MR) is 87.4 cm³/mol. The quantitative estimate of drug-likeness (QED) is 0.788. The Balaban J connectivity index is 2.21. The number of hydrogen-bond donors (Lipinski definition) is 1. The summed E-state index contributed by atoms with van der Waals surface area (Å²) in [5.41, 5.74) is 1.50. The Kier molecular flexibility index (Phi) is 5.62. The van der Waals surface area contributed by atoms with Crippen molar-refractivity contribution in [1.82, 2.24) is 5.32 Å². The van der Waals surface area contributed by atoms with Crippen LogP contribution in [-0.2, 0) is 6.61 Å². The summed E-state index contributed by atoms with van der Waals surface area (Å²) in [6, 6.07) is 10.5. The van der Waals surface area contributed by atoms with Crippen LogP contribution in [0.25, 0.3) is 0 Å². The lowest BCUT2D eigenvalue weighted by molar-refractivity contribution is 0.294. The number of hydrogen-bond acceptors (Lipinski definition) is 2. The zero-order chi connectivity index (χ0) is 15.4. The van der Waals surface area contributed by atoms with Crippen molar-refractivity contribution in [2.75, 3.05) is 7.05 Å². The van der Waals surface area contributed by atoms with Crippen molar-refractivity contribution in [1.29, 1.82) is 0 Å². The van der Waals surface area contributed by atoms with E-state index in [1.807, 2.05) is 32.2 Å². The summed E-state index contributed by atoms with van der Waals surface area (Å²) in [5.74, 6) is 0.362. The zero-order valence-electron chi connectivity index (χ0n) is 11.8. The SMILES string of the molecule is CNC(C)c1ccc(Br)cc1OCc1ccc(Cl)cc1F. The van der Waals surface area contributed by atoms with Gasteiger partial charge in [-0.15, -0.1) is 0 Å². The molecule has 0 spiro atoms. The van der Waals surface area contributed by atoms with Gasteiger partial charge in [0.1, 0.15) is 18.2 Å². The first kappa shape index (κ1) is 16.3. The Hall–Kier alpha value is -1.10. The normalized spacial score (nSPS) is 12.2. The van der Waals surface area contributed by atoms with E-state index in [-0.39, 0.29) is 18.5 Å². The maximum absolute atomic E-state index is 13.8. The second-order valence-electron chi connectivity index (χ2n) is 4.72. The Morgan fingerprint density at radius 1 is 1.29 bits per heavy atom. The summed E-state index contributed by atoms with van der Waals surface area (Å²) in [7, 11) is 1.88. The molecule has 0 aromatic heterocycles. The fraction of sp³-hybridized carbons (Fsp3) is 0.250. The first-order chi connectivity index (χ1) is 10.0. The molecule has 112 valence electrons. The van der Waals surface area contributed by atoms with Gasteiger partial charge >= 0.3 is 0 Å². The summed E-state index contributed by atoms with van der Waals surface area (Å²) in [6.45, 7) is 2.20. The summed E-state index contributed by atoms with van der Waals surface area (Å²) >= 11 is 9.17. The molecule has 1 unspecified atom stereocenters. The minimum absolute atomic E-state index is 0.142. The van der Waals surface area contributed by atoms with Crippen LogP contribution in [0.1, 0.15) is 24.1 Å². The summed E-state index contributed by atoms with van der Waals surface area (Å²) in [6.07, 6.45) is 0. The Morgan fingerprint density at radius 3 is 2.71 bits per heavy atom. The van der Waals surface area contributed by atoms with Crippen LogP contribution in [-0.4, -0.2) is 7.05 Å². The minimum atomic E-state index is -0.360. The first-order valence-corrected chi connectivity index (χ1v) is 7.72. The van der Waals surface area contributed by atoms with Crippen molar-refractivity contribution in [2.45, 2.75) is 19.6 Å². The number of halogens is 3. The zero-order valence-corrected chi connectivity index (χ0v) is 14.1. The van der Waals surface area contributed by atoms with Gasteiger partial charge in [-0.3, -0.25) is 0 Å². The Morgan fingerprint density at radius 2 is 2.05 bits per heavy atom. The molecule has 2 aromatic carbocycles. The van der Waals surface area contributed by atoms with Gasteiger partial charge in [0.25, 0.3) is 0 Å². The predicted octanol–water partition coefficient (Wildman–Crippen LogP) is 5.10. The smallest absolute Gasteiger partial charge is 0.131 e. The van der Waals surface area contributed by atoms with Crippen LogP contribution < -0.4 is 10.1 Å². The van der Waals surface area contributed by atoms with E-state index >= 15 is 0 Å². The van der Waals surface area contributed by atoms with E-state index < -0.39 is 0 Å². The van der Waals surface area contributed by atoms with Crippen LogP contribution >= 0.6 is 27.5 Å². The molecule has 2 rings (SSSR count). The monoisotopic (exact) mass is 371 g/mol. The van der Waals surface area contributed by atoms with Crippen LogP contribution in [0.3, 0.4) is 0 Å². The molecule has 0 aliphatic rings. The molecule has 0 saturated carbocycles. The third-order valence-corrected chi connectivity index (χ3v) is 4.00. The van der Waals surface area contributed by atoms with Gasteiger partial charge in [-0.25, -0.2) is 4.39 Å². The third-order valence-electron chi connectivity index (χ3n) is 3.27.